The van der Waals surface area contributed by atoms with Gasteiger partial charge in [0.2, 0.25) is 0 Å². The van der Waals surface area contributed by atoms with Crippen molar-refractivity contribution in [3.05, 3.63) is 138 Å². The summed E-state index contributed by atoms with van der Waals surface area (Å²) in [7, 11) is -4.00. The van der Waals surface area contributed by atoms with Crippen molar-refractivity contribution in [2.75, 3.05) is 10.8 Å². The number of carbonyl (C=O) groups excluding carboxylic acids is 1. The van der Waals surface area contributed by atoms with Crippen LogP contribution in [-0.4, -0.2) is 27.1 Å². The molecule has 1 amide bonds. The van der Waals surface area contributed by atoms with Crippen LogP contribution in [0, 0.1) is 13.8 Å². The molecule has 5 aromatic carbocycles. The number of aryl methyl sites for hydroxylation is 2. The van der Waals surface area contributed by atoms with Gasteiger partial charge in [0.1, 0.15) is 18.9 Å². The van der Waals surface area contributed by atoms with E-state index in [1.165, 1.54) is 29.1 Å². The van der Waals surface area contributed by atoms with Crippen LogP contribution in [0.15, 0.2) is 125 Å². The zero-order chi connectivity index (χ0) is 29.5. The Hall–Kier alpha value is -4.95. The van der Waals surface area contributed by atoms with Crippen molar-refractivity contribution in [3.8, 4) is 5.75 Å². The molecule has 0 aliphatic heterocycles. The van der Waals surface area contributed by atoms with Crippen molar-refractivity contribution in [3.63, 3.8) is 0 Å². The second-order valence-corrected chi connectivity index (χ2v) is 11.8. The second kappa shape index (κ2) is 12.7. The van der Waals surface area contributed by atoms with Crippen LogP contribution >= 0.6 is 0 Å². The number of rotatable bonds is 10. The fourth-order valence-electron chi connectivity index (χ4n) is 4.59. The average Bonchev–Trinajstić information content (AvgIpc) is 3.00. The molecule has 0 unspecified atom stereocenters. The van der Waals surface area contributed by atoms with Crippen molar-refractivity contribution in [1.29, 1.82) is 0 Å². The van der Waals surface area contributed by atoms with E-state index in [2.05, 4.69) is 40.9 Å². The molecule has 0 aliphatic carbocycles. The van der Waals surface area contributed by atoms with Gasteiger partial charge in [0.05, 0.1) is 16.8 Å². The molecule has 0 spiro atoms. The third-order valence-electron chi connectivity index (χ3n) is 6.74. The molecule has 5 aromatic rings. The van der Waals surface area contributed by atoms with Gasteiger partial charge in [-0.3, -0.25) is 9.10 Å². The van der Waals surface area contributed by atoms with E-state index in [1.54, 1.807) is 24.3 Å². The minimum atomic E-state index is -4.00. The minimum Gasteiger partial charge on any atom is -0.489 e. The van der Waals surface area contributed by atoms with E-state index in [0.29, 0.717) is 18.0 Å². The van der Waals surface area contributed by atoms with Gasteiger partial charge in [-0.05, 0) is 89.8 Å². The lowest BCUT2D eigenvalue weighted by atomic mass is 10.1. The highest BCUT2D eigenvalue weighted by atomic mass is 32.2. The number of benzene rings is 5. The Labute approximate surface area is 246 Å². The van der Waals surface area contributed by atoms with Gasteiger partial charge in [-0.1, -0.05) is 72.3 Å². The van der Waals surface area contributed by atoms with Gasteiger partial charge in [0, 0.05) is 0 Å². The van der Waals surface area contributed by atoms with Gasteiger partial charge in [-0.2, -0.15) is 5.10 Å². The number of hydrogen-bond donors (Lipinski definition) is 1. The lowest BCUT2D eigenvalue weighted by molar-refractivity contribution is -0.119. The summed E-state index contributed by atoms with van der Waals surface area (Å²) < 4.78 is 34.1. The Morgan fingerprint density at radius 1 is 0.833 bits per heavy atom. The molecule has 0 atom stereocenters. The van der Waals surface area contributed by atoms with Gasteiger partial charge in [-0.25, -0.2) is 13.8 Å². The van der Waals surface area contributed by atoms with E-state index in [4.69, 9.17) is 4.74 Å². The summed E-state index contributed by atoms with van der Waals surface area (Å²) in [5.74, 6) is 0.139. The van der Waals surface area contributed by atoms with Crippen LogP contribution in [-0.2, 0) is 21.4 Å². The molecule has 0 heterocycles. The standard InChI is InChI=1S/C34H31N3O4S/c1-25-12-19-33(26(2)20-25)37(42(39,40)32-10-4-3-5-11-32)23-34(38)36-35-22-27-14-17-31(18-15-27)41-24-28-13-16-29-8-6-7-9-30(29)21-28/h3-22H,23-24H2,1-2H3,(H,36,38)/b35-22+. The fourth-order valence-corrected chi connectivity index (χ4v) is 6.10. The summed E-state index contributed by atoms with van der Waals surface area (Å²) in [6, 6.07) is 35.2. The minimum absolute atomic E-state index is 0.101. The number of hydrogen-bond acceptors (Lipinski definition) is 5. The van der Waals surface area contributed by atoms with Crippen LogP contribution in [0.25, 0.3) is 10.8 Å². The summed E-state index contributed by atoms with van der Waals surface area (Å²) in [5, 5.41) is 6.40. The Morgan fingerprint density at radius 2 is 1.55 bits per heavy atom. The number of amides is 1. The third kappa shape index (κ3) is 6.85. The molecule has 7 nitrogen and oxygen atoms in total. The SMILES string of the molecule is Cc1ccc(N(CC(=O)N/N=C/c2ccc(OCc3ccc4ccccc4c3)cc2)S(=O)(=O)c2ccccc2)c(C)c1. The van der Waals surface area contributed by atoms with E-state index in [0.717, 1.165) is 26.6 Å². The number of anilines is 1. The number of hydrazone groups is 1. The fraction of sp³-hybridized carbons (Fsp3) is 0.118. The molecule has 0 radical (unpaired) electrons. The predicted molar refractivity (Wildman–Crippen MR) is 167 cm³/mol. The van der Waals surface area contributed by atoms with Crippen molar-refractivity contribution in [2.45, 2.75) is 25.3 Å². The topological polar surface area (TPSA) is 88.1 Å². The molecule has 0 aromatic heterocycles. The predicted octanol–water partition coefficient (Wildman–Crippen LogP) is 6.38. The Kier molecular flexibility index (Phi) is 8.64. The maximum absolute atomic E-state index is 13.5. The van der Waals surface area contributed by atoms with Crippen LogP contribution in [0.1, 0.15) is 22.3 Å². The van der Waals surface area contributed by atoms with E-state index in [1.807, 2.05) is 62.4 Å². The highest BCUT2D eigenvalue weighted by molar-refractivity contribution is 7.92. The molecule has 0 aliphatic rings. The number of nitrogens with zero attached hydrogens (tertiary/aromatic N) is 2. The van der Waals surface area contributed by atoms with Gasteiger partial charge in [0.15, 0.2) is 0 Å². The number of sulfonamides is 1. The van der Waals surface area contributed by atoms with E-state index < -0.39 is 22.5 Å². The molecule has 8 heteroatoms. The van der Waals surface area contributed by atoms with Gasteiger partial charge < -0.3 is 4.74 Å². The lowest BCUT2D eigenvalue weighted by Gasteiger charge is -2.25. The zero-order valence-electron chi connectivity index (χ0n) is 23.4. The van der Waals surface area contributed by atoms with Crippen LogP contribution in [0.2, 0.25) is 0 Å². The molecule has 212 valence electrons. The smallest absolute Gasteiger partial charge is 0.264 e. The number of fused-ring (bicyclic) bond motifs is 1. The molecule has 0 fully saturated rings. The van der Waals surface area contributed by atoms with Gasteiger partial charge in [0.25, 0.3) is 15.9 Å². The summed E-state index contributed by atoms with van der Waals surface area (Å²) in [6.45, 7) is 3.76. The highest BCUT2D eigenvalue weighted by Gasteiger charge is 2.28. The van der Waals surface area contributed by atoms with Gasteiger partial charge in [-0.15, -0.1) is 0 Å². The molecule has 5 rings (SSSR count). The van der Waals surface area contributed by atoms with Crippen LogP contribution in [0.4, 0.5) is 5.69 Å². The van der Waals surface area contributed by atoms with Crippen LogP contribution in [0.5, 0.6) is 5.75 Å². The van der Waals surface area contributed by atoms with Crippen molar-refractivity contribution in [2.24, 2.45) is 5.10 Å². The zero-order valence-corrected chi connectivity index (χ0v) is 24.2. The van der Waals surface area contributed by atoms with Crippen molar-refractivity contribution >= 4 is 38.6 Å². The summed E-state index contributed by atoms with van der Waals surface area (Å²) in [5.41, 5.74) is 6.45. The number of ether oxygens (including phenoxy) is 1. The maximum atomic E-state index is 13.5. The van der Waals surface area contributed by atoms with Crippen LogP contribution in [0.3, 0.4) is 0 Å². The second-order valence-electron chi connectivity index (χ2n) is 9.95. The molecular formula is C34H31N3O4S. The monoisotopic (exact) mass is 577 g/mol. The number of nitrogens with one attached hydrogen (secondary N) is 1. The Morgan fingerprint density at radius 3 is 2.29 bits per heavy atom. The van der Waals surface area contributed by atoms with Gasteiger partial charge >= 0.3 is 0 Å². The molecule has 0 saturated heterocycles. The quantitative estimate of drug-likeness (QED) is 0.154. The van der Waals surface area contributed by atoms with E-state index in [-0.39, 0.29) is 4.90 Å². The first-order valence-corrected chi connectivity index (χ1v) is 14.9. The van der Waals surface area contributed by atoms with E-state index in [9.17, 15) is 13.2 Å². The summed E-state index contributed by atoms with van der Waals surface area (Å²) in [4.78, 5) is 13.0. The van der Waals surface area contributed by atoms with Crippen molar-refractivity contribution < 1.29 is 17.9 Å². The molecule has 1 N–H and O–H groups in total. The molecule has 42 heavy (non-hydrogen) atoms. The highest BCUT2D eigenvalue weighted by Crippen LogP contribution is 2.27. The van der Waals surface area contributed by atoms with Crippen molar-refractivity contribution in [1.82, 2.24) is 5.43 Å². The Balaban J connectivity index is 1.22. The average molecular weight is 578 g/mol. The maximum Gasteiger partial charge on any atom is 0.264 e. The summed E-state index contributed by atoms with van der Waals surface area (Å²) >= 11 is 0. The molecule has 0 saturated carbocycles. The first kappa shape index (κ1) is 28.6. The normalized spacial score (nSPS) is 11.5. The van der Waals surface area contributed by atoms with E-state index >= 15 is 0 Å². The largest absolute Gasteiger partial charge is 0.489 e. The Bertz CT molecular complexity index is 1840. The lowest BCUT2D eigenvalue weighted by Crippen LogP contribution is -2.40. The third-order valence-corrected chi connectivity index (χ3v) is 8.52. The first-order chi connectivity index (χ1) is 20.3. The molecular weight excluding hydrogens is 546 g/mol. The molecule has 0 bridgehead atoms. The number of carbonyl (C=O) groups is 1. The summed E-state index contributed by atoms with van der Waals surface area (Å²) in [6.07, 6.45) is 1.50. The van der Waals surface area contributed by atoms with Crippen LogP contribution < -0.4 is 14.5 Å². The first-order valence-electron chi connectivity index (χ1n) is 13.5.